The molecule has 3 aromatic rings. The summed E-state index contributed by atoms with van der Waals surface area (Å²) in [5, 5.41) is 7.03. The van der Waals surface area contributed by atoms with Crippen LogP contribution in [0, 0.1) is 0 Å². The number of rotatable bonds is 6. The molecule has 1 aromatic carbocycles. The van der Waals surface area contributed by atoms with Gasteiger partial charge in [-0.2, -0.15) is 0 Å². The van der Waals surface area contributed by atoms with Crippen molar-refractivity contribution in [3.8, 4) is 0 Å². The van der Waals surface area contributed by atoms with Gasteiger partial charge in [0.2, 0.25) is 5.95 Å². The van der Waals surface area contributed by atoms with E-state index in [0.29, 0.717) is 30.9 Å². The standard InChI is InChI=1S/C19H21N5O3S/c25-18(20-7-5-13-9-21-17-4-2-1-3-16(13)17)14-10-22-19(23-11-14)24-15-6-8-28(26,27)12-15/h1-4,9-11,15,21H,5-8,12H2,(H,20,25)(H,22,23,24). The molecule has 3 N–H and O–H groups in total. The van der Waals surface area contributed by atoms with Crippen LogP contribution in [0.3, 0.4) is 0 Å². The van der Waals surface area contributed by atoms with Crippen molar-refractivity contribution in [3.63, 3.8) is 0 Å². The summed E-state index contributed by atoms with van der Waals surface area (Å²) < 4.78 is 23.0. The molecule has 8 nitrogen and oxygen atoms in total. The van der Waals surface area contributed by atoms with Crippen molar-refractivity contribution in [1.82, 2.24) is 20.3 Å². The lowest BCUT2D eigenvalue weighted by molar-refractivity contribution is 0.0953. The number of carbonyl (C=O) groups excluding carboxylic acids is 1. The van der Waals surface area contributed by atoms with Gasteiger partial charge in [-0.15, -0.1) is 0 Å². The molecule has 3 heterocycles. The van der Waals surface area contributed by atoms with Gasteiger partial charge < -0.3 is 15.6 Å². The maximum Gasteiger partial charge on any atom is 0.254 e. The molecule has 9 heteroatoms. The van der Waals surface area contributed by atoms with E-state index in [2.05, 4.69) is 31.7 Å². The van der Waals surface area contributed by atoms with Gasteiger partial charge in [0.05, 0.1) is 17.1 Å². The third-order valence-corrected chi connectivity index (χ3v) is 6.60. The molecule has 1 unspecified atom stereocenters. The highest BCUT2D eigenvalue weighted by Gasteiger charge is 2.28. The highest BCUT2D eigenvalue weighted by Crippen LogP contribution is 2.18. The number of carbonyl (C=O) groups is 1. The lowest BCUT2D eigenvalue weighted by Crippen LogP contribution is -2.26. The van der Waals surface area contributed by atoms with Crippen LogP contribution in [0.25, 0.3) is 10.9 Å². The maximum atomic E-state index is 12.3. The fourth-order valence-corrected chi connectivity index (χ4v) is 5.04. The van der Waals surface area contributed by atoms with E-state index in [1.165, 1.54) is 12.4 Å². The van der Waals surface area contributed by atoms with E-state index in [-0.39, 0.29) is 23.5 Å². The third-order valence-electron chi connectivity index (χ3n) is 4.83. The molecule has 1 saturated heterocycles. The zero-order valence-corrected chi connectivity index (χ0v) is 16.0. The molecule has 4 rings (SSSR count). The topological polar surface area (TPSA) is 117 Å². The van der Waals surface area contributed by atoms with Gasteiger partial charge in [0, 0.05) is 42.1 Å². The maximum absolute atomic E-state index is 12.3. The van der Waals surface area contributed by atoms with Crippen molar-refractivity contribution in [3.05, 3.63) is 54.0 Å². The second-order valence-corrected chi connectivity index (χ2v) is 9.13. The van der Waals surface area contributed by atoms with E-state index >= 15 is 0 Å². The van der Waals surface area contributed by atoms with Gasteiger partial charge in [0.25, 0.3) is 5.91 Å². The number of nitrogens with zero attached hydrogens (tertiary/aromatic N) is 2. The predicted octanol–water partition coefficient (Wildman–Crippen LogP) is 1.53. The molecule has 28 heavy (non-hydrogen) atoms. The number of H-pyrrole nitrogens is 1. The first kappa shape index (κ1) is 18.4. The third kappa shape index (κ3) is 4.14. The van der Waals surface area contributed by atoms with Crippen LogP contribution >= 0.6 is 0 Å². The number of fused-ring (bicyclic) bond motifs is 1. The Balaban J connectivity index is 1.30. The number of amides is 1. The fourth-order valence-electron chi connectivity index (χ4n) is 3.36. The number of benzene rings is 1. The van der Waals surface area contributed by atoms with Gasteiger partial charge in [0.1, 0.15) is 0 Å². The first-order valence-corrected chi connectivity index (χ1v) is 10.9. The number of aromatic amines is 1. The summed E-state index contributed by atoms with van der Waals surface area (Å²) in [6, 6.07) is 7.87. The smallest absolute Gasteiger partial charge is 0.254 e. The van der Waals surface area contributed by atoms with E-state index in [0.717, 1.165) is 16.5 Å². The molecule has 1 aliphatic rings. The lowest BCUT2D eigenvalue weighted by Gasteiger charge is -2.10. The van der Waals surface area contributed by atoms with Gasteiger partial charge in [-0.05, 0) is 24.5 Å². The highest BCUT2D eigenvalue weighted by atomic mass is 32.2. The normalized spacial score (nSPS) is 18.2. The van der Waals surface area contributed by atoms with E-state index < -0.39 is 9.84 Å². The summed E-state index contributed by atoms with van der Waals surface area (Å²) in [5.41, 5.74) is 2.59. The summed E-state index contributed by atoms with van der Waals surface area (Å²) >= 11 is 0. The number of sulfone groups is 1. The summed E-state index contributed by atoms with van der Waals surface area (Å²) in [6.45, 7) is 0.501. The van der Waals surface area contributed by atoms with Gasteiger partial charge in [-0.1, -0.05) is 18.2 Å². The minimum absolute atomic E-state index is 0.0897. The molecule has 0 aliphatic carbocycles. The quantitative estimate of drug-likeness (QED) is 0.579. The zero-order chi connectivity index (χ0) is 19.6. The van der Waals surface area contributed by atoms with Crippen LogP contribution in [0.4, 0.5) is 5.95 Å². The van der Waals surface area contributed by atoms with E-state index in [9.17, 15) is 13.2 Å². The molecule has 1 atom stereocenters. The predicted molar refractivity (Wildman–Crippen MR) is 107 cm³/mol. The van der Waals surface area contributed by atoms with E-state index in [1.807, 2.05) is 24.4 Å². The summed E-state index contributed by atoms with van der Waals surface area (Å²) in [6.07, 6.45) is 6.11. The molecule has 0 spiro atoms. The van der Waals surface area contributed by atoms with Crippen LogP contribution in [-0.2, 0) is 16.3 Å². The van der Waals surface area contributed by atoms with Crippen molar-refractivity contribution in [2.75, 3.05) is 23.4 Å². The Kier molecular flexibility index (Phi) is 4.99. The van der Waals surface area contributed by atoms with Crippen molar-refractivity contribution >= 4 is 32.6 Å². The van der Waals surface area contributed by atoms with Crippen LogP contribution in [0.5, 0.6) is 0 Å². The van der Waals surface area contributed by atoms with Crippen LogP contribution in [0.2, 0.25) is 0 Å². The zero-order valence-electron chi connectivity index (χ0n) is 15.2. The van der Waals surface area contributed by atoms with Crippen molar-refractivity contribution in [2.24, 2.45) is 0 Å². The van der Waals surface area contributed by atoms with Gasteiger partial charge >= 0.3 is 0 Å². The molecule has 2 aromatic heterocycles. The number of aromatic nitrogens is 3. The molecule has 0 saturated carbocycles. The Bertz CT molecular complexity index is 1090. The Morgan fingerprint density at radius 2 is 2.00 bits per heavy atom. The summed E-state index contributed by atoms with van der Waals surface area (Å²) in [4.78, 5) is 23.8. The second-order valence-electron chi connectivity index (χ2n) is 6.91. The number of nitrogens with one attached hydrogen (secondary N) is 3. The summed E-state index contributed by atoms with van der Waals surface area (Å²) in [7, 11) is -2.96. The molecule has 1 fully saturated rings. The Morgan fingerprint density at radius 3 is 2.75 bits per heavy atom. The molecular formula is C19H21N5O3S. The Morgan fingerprint density at radius 1 is 1.21 bits per heavy atom. The Labute approximate surface area is 162 Å². The fraction of sp³-hybridized carbons (Fsp3) is 0.316. The molecule has 0 bridgehead atoms. The molecular weight excluding hydrogens is 378 g/mol. The van der Waals surface area contributed by atoms with Crippen LogP contribution in [-0.4, -0.2) is 53.4 Å². The average Bonchev–Trinajstić information content (AvgIpc) is 3.25. The van der Waals surface area contributed by atoms with Crippen molar-refractivity contribution < 1.29 is 13.2 Å². The number of hydrogen-bond acceptors (Lipinski definition) is 6. The van der Waals surface area contributed by atoms with Gasteiger partial charge in [-0.3, -0.25) is 4.79 Å². The second kappa shape index (κ2) is 7.59. The monoisotopic (exact) mass is 399 g/mol. The van der Waals surface area contributed by atoms with Gasteiger partial charge in [0.15, 0.2) is 9.84 Å². The Hall–Kier alpha value is -2.94. The lowest BCUT2D eigenvalue weighted by atomic mass is 10.1. The molecule has 1 amide bonds. The molecule has 0 radical (unpaired) electrons. The number of anilines is 1. The van der Waals surface area contributed by atoms with E-state index in [1.54, 1.807) is 0 Å². The molecule has 146 valence electrons. The molecule has 1 aliphatic heterocycles. The van der Waals surface area contributed by atoms with E-state index in [4.69, 9.17) is 0 Å². The first-order valence-electron chi connectivity index (χ1n) is 9.12. The summed E-state index contributed by atoms with van der Waals surface area (Å²) in [5.74, 6) is 0.362. The van der Waals surface area contributed by atoms with Crippen molar-refractivity contribution in [1.29, 1.82) is 0 Å². The highest BCUT2D eigenvalue weighted by molar-refractivity contribution is 7.91. The minimum atomic E-state index is -2.96. The van der Waals surface area contributed by atoms with Crippen molar-refractivity contribution in [2.45, 2.75) is 18.9 Å². The van der Waals surface area contributed by atoms with Gasteiger partial charge in [-0.25, -0.2) is 18.4 Å². The number of hydrogen-bond donors (Lipinski definition) is 3. The van der Waals surface area contributed by atoms with Crippen LogP contribution in [0.1, 0.15) is 22.3 Å². The van der Waals surface area contributed by atoms with Crippen LogP contribution in [0.15, 0.2) is 42.9 Å². The number of para-hydroxylation sites is 1. The largest absolute Gasteiger partial charge is 0.361 e. The minimum Gasteiger partial charge on any atom is -0.361 e. The SMILES string of the molecule is O=C(NCCc1c[nH]c2ccccc12)c1cnc(NC2CCS(=O)(=O)C2)nc1. The van der Waals surface area contributed by atoms with Crippen LogP contribution < -0.4 is 10.6 Å². The average molecular weight is 399 g/mol. The first-order chi connectivity index (χ1) is 13.5.